The molecule has 0 saturated heterocycles. The fraction of sp³-hybridized carbons (Fsp3) is 0.455. The van der Waals surface area contributed by atoms with Crippen LogP contribution in [0, 0.1) is 13.8 Å². The Kier molecular flexibility index (Phi) is 3.49. The molecule has 1 atom stereocenters. The lowest BCUT2D eigenvalue weighted by Crippen LogP contribution is -2.16. The van der Waals surface area contributed by atoms with Crippen molar-refractivity contribution < 1.29 is 9.84 Å². The van der Waals surface area contributed by atoms with Gasteiger partial charge in [0.05, 0.1) is 19.8 Å². The van der Waals surface area contributed by atoms with E-state index in [0.717, 1.165) is 22.4 Å². The second-order valence-electron chi connectivity index (χ2n) is 3.49. The van der Waals surface area contributed by atoms with Crippen LogP contribution in [-0.4, -0.2) is 18.8 Å². The molecule has 1 rings (SSSR count). The molecule has 0 spiro atoms. The summed E-state index contributed by atoms with van der Waals surface area (Å²) in [7, 11) is 1.62. The smallest absolute Gasteiger partial charge is 0.126 e. The van der Waals surface area contributed by atoms with Crippen LogP contribution in [0.1, 0.15) is 22.7 Å². The highest BCUT2D eigenvalue weighted by Crippen LogP contribution is 2.28. The highest BCUT2D eigenvalue weighted by molar-refractivity contribution is 5.45. The average molecular weight is 195 g/mol. The second kappa shape index (κ2) is 4.44. The van der Waals surface area contributed by atoms with Crippen molar-refractivity contribution >= 4 is 0 Å². The molecule has 3 N–H and O–H groups in total. The third-order valence-electron chi connectivity index (χ3n) is 2.25. The van der Waals surface area contributed by atoms with Crippen molar-refractivity contribution in [3.63, 3.8) is 0 Å². The standard InChI is InChI=1S/C11H17NO2/c1-7-4-8(2)11(14-3)9(5-7)10(12)6-13/h4-5,10,13H,6,12H2,1-3H3/t10-/m0/s1. The van der Waals surface area contributed by atoms with Crippen molar-refractivity contribution in [2.24, 2.45) is 5.73 Å². The maximum Gasteiger partial charge on any atom is 0.126 e. The molecule has 0 fully saturated rings. The fourth-order valence-electron chi connectivity index (χ4n) is 1.64. The number of aliphatic hydroxyl groups excluding tert-OH is 1. The predicted molar refractivity (Wildman–Crippen MR) is 56.5 cm³/mol. The Hall–Kier alpha value is -1.06. The van der Waals surface area contributed by atoms with Gasteiger partial charge in [0, 0.05) is 5.56 Å². The van der Waals surface area contributed by atoms with Crippen LogP contribution in [0.4, 0.5) is 0 Å². The monoisotopic (exact) mass is 195 g/mol. The Morgan fingerprint density at radius 1 is 1.43 bits per heavy atom. The number of aryl methyl sites for hydroxylation is 2. The van der Waals surface area contributed by atoms with Gasteiger partial charge in [-0.25, -0.2) is 0 Å². The number of aliphatic hydroxyl groups is 1. The highest BCUT2D eigenvalue weighted by atomic mass is 16.5. The SMILES string of the molecule is COc1c(C)cc(C)cc1[C@@H](N)CO. The Labute approximate surface area is 84.5 Å². The summed E-state index contributed by atoms with van der Waals surface area (Å²) in [5.41, 5.74) is 8.82. The maximum absolute atomic E-state index is 9.01. The minimum atomic E-state index is -0.372. The first kappa shape index (κ1) is 11.0. The first-order valence-electron chi connectivity index (χ1n) is 4.61. The molecule has 14 heavy (non-hydrogen) atoms. The molecule has 0 saturated carbocycles. The quantitative estimate of drug-likeness (QED) is 0.764. The lowest BCUT2D eigenvalue weighted by Gasteiger charge is -2.16. The molecule has 0 heterocycles. The summed E-state index contributed by atoms with van der Waals surface area (Å²) in [6.07, 6.45) is 0. The fourth-order valence-corrected chi connectivity index (χ4v) is 1.64. The van der Waals surface area contributed by atoms with Crippen molar-refractivity contribution in [1.82, 2.24) is 0 Å². The van der Waals surface area contributed by atoms with E-state index in [2.05, 4.69) is 0 Å². The Morgan fingerprint density at radius 2 is 2.07 bits per heavy atom. The van der Waals surface area contributed by atoms with Crippen molar-refractivity contribution in [1.29, 1.82) is 0 Å². The van der Waals surface area contributed by atoms with Crippen LogP contribution >= 0.6 is 0 Å². The molecule has 3 heteroatoms. The summed E-state index contributed by atoms with van der Waals surface area (Å²) in [5.74, 6) is 0.775. The molecule has 1 aromatic carbocycles. The van der Waals surface area contributed by atoms with Crippen LogP contribution in [0.15, 0.2) is 12.1 Å². The zero-order valence-corrected chi connectivity index (χ0v) is 8.87. The Morgan fingerprint density at radius 3 is 2.57 bits per heavy atom. The van der Waals surface area contributed by atoms with Gasteiger partial charge in [0.25, 0.3) is 0 Å². The van der Waals surface area contributed by atoms with Gasteiger partial charge in [-0.3, -0.25) is 0 Å². The number of methoxy groups -OCH3 is 1. The topological polar surface area (TPSA) is 55.5 Å². The molecule has 0 aliphatic carbocycles. The van der Waals surface area contributed by atoms with E-state index in [4.69, 9.17) is 15.6 Å². The van der Waals surface area contributed by atoms with E-state index in [0.29, 0.717) is 0 Å². The Balaban J connectivity index is 3.24. The van der Waals surface area contributed by atoms with Crippen LogP contribution in [0.2, 0.25) is 0 Å². The third kappa shape index (κ3) is 2.05. The predicted octanol–water partition coefficient (Wildman–Crippen LogP) is 1.30. The molecule has 0 bridgehead atoms. The summed E-state index contributed by atoms with van der Waals surface area (Å²) in [6, 6.07) is 3.61. The minimum Gasteiger partial charge on any atom is -0.496 e. The maximum atomic E-state index is 9.01. The van der Waals surface area contributed by atoms with E-state index in [1.54, 1.807) is 7.11 Å². The van der Waals surface area contributed by atoms with Gasteiger partial charge in [-0.15, -0.1) is 0 Å². The Bertz CT molecular complexity index is 323. The number of hydrogen-bond donors (Lipinski definition) is 2. The summed E-state index contributed by atoms with van der Waals surface area (Å²) < 4.78 is 5.26. The van der Waals surface area contributed by atoms with Crippen molar-refractivity contribution in [3.8, 4) is 5.75 Å². The highest BCUT2D eigenvalue weighted by Gasteiger charge is 2.13. The van der Waals surface area contributed by atoms with Crippen molar-refractivity contribution in [2.45, 2.75) is 19.9 Å². The van der Waals surface area contributed by atoms with Gasteiger partial charge < -0.3 is 15.6 Å². The van der Waals surface area contributed by atoms with E-state index >= 15 is 0 Å². The molecule has 0 aliphatic heterocycles. The first-order valence-corrected chi connectivity index (χ1v) is 4.61. The molecule has 1 aromatic rings. The number of ether oxygens (including phenoxy) is 1. The van der Waals surface area contributed by atoms with Gasteiger partial charge in [0.15, 0.2) is 0 Å². The van der Waals surface area contributed by atoms with E-state index in [1.807, 2.05) is 26.0 Å². The molecular weight excluding hydrogens is 178 g/mol. The lowest BCUT2D eigenvalue weighted by molar-refractivity contribution is 0.264. The number of benzene rings is 1. The van der Waals surface area contributed by atoms with Crippen LogP contribution in [0.5, 0.6) is 5.75 Å². The summed E-state index contributed by atoms with van der Waals surface area (Å²) in [6.45, 7) is 3.90. The lowest BCUT2D eigenvalue weighted by atomic mass is 10.0. The van der Waals surface area contributed by atoms with Crippen LogP contribution in [0.25, 0.3) is 0 Å². The summed E-state index contributed by atoms with van der Waals surface area (Å²) in [4.78, 5) is 0. The van der Waals surface area contributed by atoms with Crippen molar-refractivity contribution in [2.75, 3.05) is 13.7 Å². The van der Waals surface area contributed by atoms with Gasteiger partial charge >= 0.3 is 0 Å². The molecule has 0 radical (unpaired) electrons. The van der Waals surface area contributed by atoms with Gasteiger partial charge in [-0.1, -0.05) is 17.7 Å². The normalized spacial score (nSPS) is 12.6. The third-order valence-corrected chi connectivity index (χ3v) is 2.25. The van der Waals surface area contributed by atoms with Crippen LogP contribution in [0.3, 0.4) is 0 Å². The van der Waals surface area contributed by atoms with E-state index in [9.17, 15) is 0 Å². The summed E-state index contributed by atoms with van der Waals surface area (Å²) in [5, 5.41) is 9.01. The molecule has 0 amide bonds. The molecule has 0 unspecified atom stereocenters. The average Bonchev–Trinajstić information content (AvgIpc) is 2.15. The molecule has 78 valence electrons. The summed E-state index contributed by atoms with van der Waals surface area (Å²) >= 11 is 0. The number of nitrogens with two attached hydrogens (primary N) is 1. The van der Waals surface area contributed by atoms with E-state index in [-0.39, 0.29) is 12.6 Å². The minimum absolute atomic E-state index is 0.0702. The van der Waals surface area contributed by atoms with E-state index < -0.39 is 0 Å². The first-order chi connectivity index (χ1) is 6.60. The number of hydrogen-bond acceptors (Lipinski definition) is 3. The molecule has 0 aromatic heterocycles. The van der Waals surface area contributed by atoms with Crippen molar-refractivity contribution in [3.05, 3.63) is 28.8 Å². The zero-order chi connectivity index (χ0) is 10.7. The van der Waals surface area contributed by atoms with E-state index in [1.165, 1.54) is 0 Å². The van der Waals surface area contributed by atoms with Gasteiger partial charge in [-0.2, -0.15) is 0 Å². The molecular formula is C11H17NO2. The second-order valence-corrected chi connectivity index (χ2v) is 3.49. The zero-order valence-electron chi connectivity index (χ0n) is 8.87. The van der Waals surface area contributed by atoms with Gasteiger partial charge in [0.2, 0.25) is 0 Å². The molecule has 0 aliphatic rings. The van der Waals surface area contributed by atoms with Crippen LogP contribution < -0.4 is 10.5 Å². The number of rotatable bonds is 3. The molecule has 3 nitrogen and oxygen atoms in total. The van der Waals surface area contributed by atoms with Gasteiger partial charge in [0.1, 0.15) is 5.75 Å². The largest absolute Gasteiger partial charge is 0.496 e. The van der Waals surface area contributed by atoms with Crippen LogP contribution in [-0.2, 0) is 0 Å². The van der Waals surface area contributed by atoms with Gasteiger partial charge in [-0.05, 0) is 19.4 Å².